The molecule has 4 aromatic rings. The molecule has 31 heavy (non-hydrogen) atoms. The summed E-state index contributed by atoms with van der Waals surface area (Å²) in [6, 6.07) is 19.1. The molecule has 0 saturated heterocycles. The Kier molecular flexibility index (Phi) is 4.83. The molecule has 0 fully saturated rings. The summed E-state index contributed by atoms with van der Waals surface area (Å²) in [6.45, 7) is 2.94. The topological polar surface area (TPSA) is 51.9 Å². The fourth-order valence-electron chi connectivity index (χ4n) is 4.10. The lowest BCUT2D eigenvalue weighted by Crippen LogP contribution is -2.32. The minimum atomic E-state index is -0.375. The third kappa shape index (κ3) is 3.41. The first-order valence-corrected chi connectivity index (χ1v) is 10.3. The number of methoxy groups -OCH3 is 1. The lowest BCUT2D eigenvalue weighted by atomic mass is 9.97. The molecule has 1 aliphatic rings. The van der Waals surface area contributed by atoms with Gasteiger partial charge in [0, 0.05) is 34.8 Å². The van der Waals surface area contributed by atoms with E-state index in [0.29, 0.717) is 29.6 Å². The van der Waals surface area contributed by atoms with Gasteiger partial charge in [0.2, 0.25) is 0 Å². The maximum Gasteiger partial charge on any atom is 0.336 e. The third-order valence-electron chi connectivity index (χ3n) is 5.60. The van der Waals surface area contributed by atoms with Crippen molar-refractivity contribution in [2.24, 2.45) is 0 Å². The standard InChI is InChI=1S/C25H20ClNO4/c1-15-24-17(13-27(14-30-24)18-8-9-22(29-2)21(26)11-18)10-20-19(12-23(28)31-25(15)20)16-6-4-3-5-7-16/h3-12H,13-14H2,1-2H3. The fraction of sp³-hybridized carbons (Fsp3) is 0.160. The van der Waals surface area contributed by atoms with Crippen LogP contribution in [-0.2, 0) is 6.54 Å². The average molecular weight is 434 g/mol. The molecule has 5 rings (SSSR count). The Bertz CT molecular complexity index is 1350. The lowest BCUT2D eigenvalue weighted by Gasteiger charge is -2.32. The molecule has 6 heteroatoms. The van der Waals surface area contributed by atoms with Crippen molar-refractivity contribution in [1.29, 1.82) is 0 Å². The molecule has 5 nitrogen and oxygen atoms in total. The maximum absolute atomic E-state index is 12.3. The van der Waals surface area contributed by atoms with Crippen molar-refractivity contribution in [1.82, 2.24) is 0 Å². The molecule has 1 aromatic heterocycles. The Morgan fingerprint density at radius 2 is 1.87 bits per heavy atom. The first-order chi connectivity index (χ1) is 15.0. The monoisotopic (exact) mass is 433 g/mol. The quantitative estimate of drug-likeness (QED) is 0.383. The predicted octanol–water partition coefficient (Wildman–Crippen LogP) is 5.79. The first-order valence-electron chi connectivity index (χ1n) is 9.92. The Morgan fingerprint density at radius 1 is 1.06 bits per heavy atom. The van der Waals surface area contributed by atoms with Gasteiger partial charge in [-0.05, 0) is 42.3 Å². The predicted molar refractivity (Wildman–Crippen MR) is 122 cm³/mol. The zero-order valence-corrected chi connectivity index (χ0v) is 17.9. The van der Waals surface area contributed by atoms with Gasteiger partial charge in [-0.1, -0.05) is 41.9 Å². The van der Waals surface area contributed by atoms with Crippen molar-refractivity contribution in [3.63, 3.8) is 0 Å². The van der Waals surface area contributed by atoms with Crippen molar-refractivity contribution >= 4 is 28.3 Å². The molecule has 0 saturated carbocycles. The minimum Gasteiger partial charge on any atom is -0.495 e. The number of halogens is 1. The molecular weight excluding hydrogens is 414 g/mol. The zero-order chi connectivity index (χ0) is 21.5. The Balaban J connectivity index is 1.63. The van der Waals surface area contributed by atoms with E-state index in [0.717, 1.165) is 39.1 Å². The Morgan fingerprint density at radius 3 is 2.61 bits per heavy atom. The molecular formula is C25H20ClNO4. The highest BCUT2D eigenvalue weighted by atomic mass is 35.5. The Labute approximate surface area is 184 Å². The van der Waals surface area contributed by atoms with E-state index in [2.05, 4.69) is 11.0 Å². The van der Waals surface area contributed by atoms with Crippen LogP contribution in [0.25, 0.3) is 22.1 Å². The van der Waals surface area contributed by atoms with Gasteiger partial charge in [-0.15, -0.1) is 0 Å². The van der Waals surface area contributed by atoms with Crippen LogP contribution in [0.3, 0.4) is 0 Å². The number of rotatable bonds is 3. The van der Waals surface area contributed by atoms with Gasteiger partial charge in [-0.3, -0.25) is 0 Å². The molecule has 0 radical (unpaired) electrons. The number of hydrogen-bond donors (Lipinski definition) is 0. The zero-order valence-electron chi connectivity index (χ0n) is 17.1. The maximum atomic E-state index is 12.3. The SMILES string of the molecule is COc1ccc(N2COc3c(cc4c(-c5ccccc5)cc(=O)oc4c3C)C2)cc1Cl. The van der Waals surface area contributed by atoms with Crippen LogP contribution < -0.4 is 20.0 Å². The molecule has 3 aromatic carbocycles. The summed E-state index contributed by atoms with van der Waals surface area (Å²) in [4.78, 5) is 14.4. The first kappa shape index (κ1) is 19.5. The number of nitrogens with zero attached hydrogens (tertiary/aromatic N) is 1. The molecule has 2 heterocycles. The van der Waals surface area contributed by atoms with Crippen LogP contribution in [0.5, 0.6) is 11.5 Å². The van der Waals surface area contributed by atoms with Crippen LogP contribution >= 0.6 is 11.6 Å². The van der Waals surface area contributed by atoms with Gasteiger partial charge in [-0.25, -0.2) is 4.79 Å². The number of aryl methyl sites for hydroxylation is 1. The largest absolute Gasteiger partial charge is 0.495 e. The van der Waals surface area contributed by atoms with Crippen molar-refractivity contribution < 1.29 is 13.9 Å². The fourth-order valence-corrected chi connectivity index (χ4v) is 4.35. The summed E-state index contributed by atoms with van der Waals surface area (Å²) in [5, 5.41) is 1.44. The van der Waals surface area contributed by atoms with Crippen LogP contribution in [0.2, 0.25) is 5.02 Å². The van der Waals surface area contributed by atoms with E-state index in [1.165, 1.54) is 0 Å². The van der Waals surface area contributed by atoms with E-state index in [4.69, 9.17) is 25.5 Å². The van der Waals surface area contributed by atoms with E-state index >= 15 is 0 Å². The second-order valence-electron chi connectivity index (χ2n) is 7.50. The van der Waals surface area contributed by atoms with Gasteiger partial charge >= 0.3 is 5.63 Å². The van der Waals surface area contributed by atoms with Gasteiger partial charge in [-0.2, -0.15) is 0 Å². The molecule has 0 amide bonds. The normalized spacial score (nSPS) is 13.1. The number of anilines is 1. The van der Waals surface area contributed by atoms with E-state index in [1.807, 2.05) is 55.5 Å². The van der Waals surface area contributed by atoms with E-state index < -0.39 is 0 Å². The number of fused-ring (bicyclic) bond motifs is 2. The third-order valence-corrected chi connectivity index (χ3v) is 5.90. The Hall–Kier alpha value is -3.44. The summed E-state index contributed by atoms with van der Waals surface area (Å²) in [5.74, 6) is 1.39. The van der Waals surface area contributed by atoms with Crippen molar-refractivity contribution in [3.8, 4) is 22.6 Å². The molecule has 156 valence electrons. The number of benzene rings is 3. The van der Waals surface area contributed by atoms with Crippen LogP contribution in [0, 0.1) is 6.92 Å². The molecule has 0 bridgehead atoms. The summed E-state index contributed by atoms with van der Waals surface area (Å²) < 4.78 is 16.9. The summed E-state index contributed by atoms with van der Waals surface area (Å²) >= 11 is 6.32. The molecule has 0 unspecified atom stereocenters. The molecule has 0 spiro atoms. The van der Waals surface area contributed by atoms with Crippen molar-refractivity contribution in [2.45, 2.75) is 13.5 Å². The summed E-state index contributed by atoms with van der Waals surface area (Å²) in [7, 11) is 1.59. The molecule has 0 N–H and O–H groups in total. The summed E-state index contributed by atoms with van der Waals surface area (Å²) in [6.07, 6.45) is 0. The van der Waals surface area contributed by atoms with Gasteiger partial charge in [0.05, 0.1) is 12.1 Å². The van der Waals surface area contributed by atoms with Gasteiger partial charge in [0.25, 0.3) is 0 Å². The van der Waals surface area contributed by atoms with Crippen LogP contribution in [-0.4, -0.2) is 13.8 Å². The molecule has 1 aliphatic heterocycles. The molecule has 0 aliphatic carbocycles. The smallest absolute Gasteiger partial charge is 0.336 e. The second kappa shape index (κ2) is 7.67. The second-order valence-corrected chi connectivity index (χ2v) is 7.91. The van der Waals surface area contributed by atoms with E-state index in [-0.39, 0.29) is 5.63 Å². The van der Waals surface area contributed by atoms with Gasteiger partial charge < -0.3 is 18.8 Å². The van der Waals surface area contributed by atoms with Crippen LogP contribution in [0.1, 0.15) is 11.1 Å². The van der Waals surface area contributed by atoms with Gasteiger partial charge in [0.15, 0.2) is 6.73 Å². The van der Waals surface area contributed by atoms with Crippen molar-refractivity contribution in [2.75, 3.05) is 18.7 Å². The van der Waals surface area contributed by atoms with Crippen LogP contribution in [0.4, 0.5) is 5.69 Å². The minimum absolute atomic E-state index is 0.366. The average Bonchev–Trinajstić information content (AvgIpc) is 2.79. The number of hydrogen-bond acceptors (Lipinski definition) is 5. The van der Waals surface area contributed by atoms with Crippen molar-refractivity contribution in [3.05, 3.63) is 87.2 Å². The molecule has 0 atom stereocenters. The highest BCUT2D eigenvalue weighted by Gasteiger charge is 2.24. The van der Waals surface area contributed by atoms with Gasteiger partial charge in [0.1, 0.15) is 17.1 Å². The van der Waals surface area contributed by atoms with E-state index in [1.54, 1.807) is 13.2 Å². The number of ether oxygens (including phenoxy) is 2. The van der Waals surface area contributed by atoms with E-state index in [9.17, 15) is 4.79 Å². The lowest BCUT2D eigenvalue weighted by molar-refractivity contribution is 0.287. The highest BCUT2D eigenvalue weighted by molar-refractivity contribution is 6.32. The van der Waals surface area contributed by atoms with Crippen LogP contribution in [0.15, 0.2) is 69.9 Å². The highest BCUT2D eigenvalue weighted by Crippen LogP contribution is 2.39. The summed E-state index contributed by atoms with van der Waals surface area (Å²) in [5.41, 5.74) is 4.80.